The standard InChI is InChI=1S/C11H16ClNS2/c1-2-4-9(7-14)8-15-11-10(12)5-3-6-13-11/h3,5-6,9,14H,2,4,7-8H2,1H3. The lowest BCUT2D eigenvalue weighted by molar-refractivity contribution is 0.595. The van der Waals surface area contributed by atoms with E-state index >= 15 is 0 Å². The van der Waals surface area contributed by atoms with Gasteiger partial charge in [0.25, 0.3) is 0 Å². The summed E-state index contributed by atoms with van der Waals surface area (Å²) in [5.74, 6) is 2.64. The van der Waals surface area contributed by atoms with Crippen LogP contribution in [0.4, 0.5) is 0 Å². The molecule has 15 heavy (non-hydrogen) atoms. The number of thiol groups is 1. The van der Waals surface area contributed by atoms with Crippen LogP contribution in [0.3, 0.4) is 0 Å². The molecule has 1 nitrogen and oxygen atoms in total. The number of nitrogens with zero attached hydrogens (tertiary/aromatic N) is 1. The molecule has 0 N–H and O–H groups in total. The molecule has 0 aliphatic heterocycles. The zero-order valence-corrected chi connectivity index (χ0v) is 11.3. The maximum absolute atomic E-state index is 6.03. The van der Waals surface area contributed by atoms with Gasteiger partial charge in [-0.05, 0) is 30.2 Å². The normalized spacial score (nSPS) is 12.7. The van der Waals surface area contributed by atoms with Crippen molar-refractivity contribution < 1.29 is 0 Å². The highest BCUT2D eigenvalue weighted by atomic mass is 35.5. The Bertz CT molecular complexity index is 294. The van der Waals surface area contributed by atoms with E-state index in [4.69, 9.17) is 11.6 Å². The second-order valence-corrected chi connectivity index (χ2v) is 5.22. The summed E-state index contributed by atoms with van der Waals surface area (Å²) in [4.78, 5) is 4.25. The summed E-state index contributed by atoms with van der Waals surface area (Å²) >= 11 is 12.1. The van der Waals surface area contributed by atoms with Crippen molar-refractivity contribution in [3.05, 3.63) is 23.4 Å². The third kappa shape index (κ3) is 4.66. The second kappa shape index (κ2) is 7.42. The van der Waals surface area contributed by atoms with Gasteiger partial charge in [0.1, 0.15) is 5.03 Å². The minimum Gasteiger partial charge on any atom is -0.248 e. The third-order valence-corrected chi connectivity index (χ3v) is 4.31. The fourth-order valence-corrected chi connectivity index (χ4v) is 3.10. The van der Waals surface area contributed by atoms with Crippen LogP contribution in [0.1, 0.15) is 19.8 Å². The van der Waals surface area contributed by atoms with E-state index < -0.39 is 0 Å². The lowest BCUT2D eigenvalue weighted by atomic mass is 10.1. The number of rotatable bonds is 6. The fourth-order valence-electron chi connectivity index (χ4n) is 1.31. The van der Waals surface area contributed by atoms with Crippen molar-refractivity contribution in [3.63, 3.8) is 0 Å². The van der Waals surface area contributed by atoms with Crippen molar-refractivity contribution in [3.8, 4) is 0 Å². The minimum absolute atomic E-state index is 0.654. The molecule has 1 atom stereocenters. The first-order valence-corrected chi connectivity index (χ1v) is 7.11. The van der Waals surface area contributed by atoms with Crippen LogP contribution in [-0.4, -0.2) is 16.5 Å². The number of pyridine rings is 1. The van der Waals surface area contributed by atoms with Gasteiger partial charge in [0.2, 0.25) is 0 Å². The molecule has 1 heterocycles. The average Bonchev–Trinajstić information content (AvgIpc) is 2.26. The van der Waals surface area contributed by atoms with Crippen LogP contribution in [0, 0.1) is 5.92 Å². The van der Waals surface area contributed by atoms with Crippen molar-refractivity contribution in [1.82, 2.24) is 4.98 Å². The summed E-state index contributed by atoms with van der Waals surface area (Å²) in [6.45, 7) is 2.20. The molecule has 0 radical (unpaired) electrons. The molecule has 0 fully saturated rings. The molecule has 0 amide bonds. The van der Waals surface area contributed by atoms with E-state index in [1.165, 1.54) is 12.8 Å². The maximum Gasteiger partial charge on any atom is 0.115 e. The highest BCUT2D eigenvalue weighted by molar-refractivity contribution is 7.99. The molecule has 0 saturated heterocycles. The topological polar surface area (TPSA) is 12.9 Å². The first-order chi connectivity index (χ1) is 7.27. The van der Waals surface area contributed by atoms with Gasteiger partial charge >= 0.3 is 0 Å². The molecule has 0 aromatic carbocycles. The quantitative estimate of drug-likeness (QED) is 0.610. The van der Waals surface area contributed by atoms with E-state index in [0.717, 1.165) is 21.6 Å². The summed E-state index contributed by atoms with van der Waals surface area (Å²) in [5.41, 5.74) is 0. The number of thioether (sulfide) groups is 1. The van der Waals surface area contributed by atoms with Gasteiger partial charge in [-0.25, -0.2) is 4.98 Å². The first kappa shape index (κ1) is 13.2. The van der Waals surface area contributed by atoms with E-state index in [9.17, 15) is 0 Å². The number of hydrogen-bond donors (Lipinski definition) is 1. The van der Waals surface area contributed by atoms with Gasteiger partial charge in [-0.1, -0.05) is 24.9 Å². The Morgan fingerprint density at radius 2 is 2.40 bits per heavy atom. The lowest BCUT2D eigenvalue weighted by Crippen LogP contribution is -2.05. The summed E-state index contributed by atoms with van der Waals surface area (Å²) in [6, 6.07) is 3.74. The van der Waals surface area contributed by atoms with Gasteiger partial charge in [0.15, 0.2) is 0 Å². The third-order valence-electron chi connectivity index (χ3n) is 2.14. The van der Waals surface area contributed by atoms with E-state index in [1.807, 2.05) is 12.1 Å². The molecule has 0 aliphatic carbocycles. The molecule has 1 aromatic heterocycles. The largest absolute Gasteiger partial charge is 0.248 e. The van der Waals surface area contributed by atoms with Gasteiger partial charge in [-0.3, -0.25) is 0 Å². The molecule has 1 aromatic rings. The van der Waals surface area contributed by atoms with Crippen molar-refractivity contribution in [2.24, 2.45) is 5.92 Å². The Hall–Kier alpha value is 0.140. The zero-order valence-electron chi connectivity index (χ0n) is 8.82. The Labute approximate surface area is 106 Å². The van der Waals surface area contributed by atoms with Crippen LogP contribution in [0.25, 0.3) is 0 Å². The molecule has 0 aliphatic rings. The Morgan fingerprint density at radius 3 is 3.00 bits per heavy atom. The molecule has 4 heteroatoms. The SMILES string of the molecule is CCCC(CS)CSc1ncccc1Cl. The van der Waals surface area contributed by atoms with Gasteiger partial charge in [-0.15, -0.1) is 11.8 Å². The molecule has 0 bridgehead atoms. The van der Waals surface area contributed by atoms with E-state index in [0.29, 0.717) is 5.92 Å². The molecule has 0 saturated carbocycles. The second-order valence-electron chi connectivity index (χ2n) is 3.44. The van der Waals surface area contributed by atoms with Crippen LogP contribution in [0.15, 0.2) is 23.4 Å². The smallest absolute Gasteiger partial charge is 0.115 e. The van der Waals surface area contributed by atoms with E-state index in [1.54, 1.807) is 18.0 Å². The number of aromatic nitrogens is 1. The van der Waals surface area contributed by atoms with Crippen molar-refractivity contribution in [1.29, 1.82) is 0 Å². The maximum atomic E-state index is 6.03. The molecular weight excluding hydrogens is 246 g/mol. The summed E-state index contributed by atoms with van der Waals surface area (Å²) in [6.07, 6.45) is 4.21. The van der Waals surface area contributed by atoms with Crippen LogP contribution in [0.2, 0.25) is 5.02 Å². The zero-order chi connectivity index (χ0) is 11.1. The number of hydrogen-bond acceptors (Lipinski definition) is 3. The average molecular weight is 262 g/mol. The van der Waals surface area contributed by atoms with Gasteiger partial charge in [0, 0.05) is 11.9 Å². The Balaban J connectivity index is 2.45. The summed E-state index contributed by atoms with van der Waals surface area (Å²) in [5, 5.41) is 1.68. The highest BCUT2D eigenvalue weighted by Crippen LogP contribution is 2.27. The number of halogens is 1. The Morgan fingerprint density at radius 1 is 1.60 bits per heavy atom. The van der Waals surface area contributed by atoms with Crippen LogP contribution in [-0.2, 0) is 0 Å². The summed E-state index contributed by atoms with van der Waals surface area (Å²) in [7, 11) is 0. The van der Waals surface area contributed by atoms with E-state index in [2.05, 4.69) is 24.5 Å². The predicted octanol–water partition coefficient (Wildman–Crippen LogP) is 4.17. The van der Waals surface area contributed by atoms with Crippen molar-refractivity contribution >= 4 is 36.0 Å². The molecule has 1 unspecified atom stereocenters. The molecule has 0 spiro atoms. The predicted molar refractivity (Wildman–Crippen MR) is 72.2 cm³/mol. The van der Waals surface area contributed by atoms with Crippen molar-refractivity contribution in [2.75, 3.05) is 11.5 Å². The van der Waals surface area contributed by atoms with Crippen LogP contribution >= 0.6 is 36.0 Å². The Kier molecular flexibility index (Phi) is 6.53. The van der Waals surface area contributed by atoms with Gasteiger partial charge in [0.05, 0.1) is 5.02 Å². The lowest BCUT2D eigenvalue weighted by Gasteiger charge is -2.12. The van der Waals surface area contributed by atoms with E-state index in [-0.39, 0.29) is 0 Å². The molecule has 84 valence electrons. The fraction of sp³-hybridized carbons (Fsp3) is 0.545. The monoisotopic (exact) mass is 261 g/mol. The van der Waals surface area contributed by atoms with Crippen LogP contribution < -0.4 is 0 Å². The summed E-state index contributed by atoms with van der Waals surface area (Å²) < 4.78 is 0. The van der Waals surface area contributed by atoms with Gasteiger partial charge < -0.3 is 0 Å². The molecular formula is C11H16ClNS2. The van der Waals surface area contributed by atoms with Crippen LogP contribution in [0.5, 0.6) is 0 Å². The first-order valence-electron chi connectivity index (χ1n) is 5.12. The molecule has 1 rings (SSSR count). The minimum atomic E-state index is 0.654. The van der Waals surface area contributed by atoms with Gasteiger partial charge in [-0.2, -0.15) is 12.6 Å². The highest BCUT2D eigenvalue weighted by Gasteiger charge is 2.08. The van der Waals surface area contributed by atoms with Crippen molar-refractivity contribution in [2.45, 2.75) is 24.8 Å².